The average molecular weight is 254 g/mol. The van der Waals surface area contributed by atoms with E-state index in [-0.39, 0.29) is 17.8 Å². The number of hydrogen-bond acceptors (Lipinski definition) is 4. The number of aromatic nitrogens is 3. The molecule has 8 heteroatoms. The molecule has 0 aliphatic heterocycles. The number of anilines is 1. The standard InChI is InChI=1S/C10H18N6O2/c1-4-5(2)7(13-9(11)18)8(17)14-10-12-6(3)15-16-10/h5,7H,4H2,1-3H3,(H3,11,13,18)(H2,12,14,15,16,17). The molecule has 0 fully saturated rings. The molecule has 1 aromatic heterocycles. The van der Waals surface area contributed by atoms with E-state index >= 15 is 0 Å². The van der Waals surface area contributed by atoms with Gasteiger partial charge < -0.3 is 11.1 Å². The van der Waals surface area contributed by atoms with Gasteiger partial charge in [-0.25, -0.2) is 4.79 Å². The molecule has 1 aromatic rings. The molecule has 1 heterocycles. The van der Waals surface area contributed by atoms with Crippen LogP contribution in [-0.4, -0.2) is 33.2 Å². The van der Waals surface area contributed by atoms with Crippen LogP contribution < -0.4 is 16.4 Å². The quantitative estimate of drug-likeness (QED) is 0.596. The van der Waals surface area contributed by atoms with Crippen LogP contribution in [0.15, 0.2) is 0 Å². The van der Waals surface area contributed by atoms with Crippen LogP contribution in [0, 0.1) is 12.8 Å². The van der Waals surface area contributed by atoms with Crippen LogP contribution in [0.2, 0.25) is 0 Å². The highest BCUT2D eigenvalue weighted by molar-refractivity contribution is 5.95. The molecule has 2 atom stereocenters. The van der Waals surface area contributed by atoms with Crippen LogP contribution in [0.25, 0.3) is 0 Å². The van der Waals surface area contributed by atoms with Crippen molar-refractivity contribution < 1.29 is 9.59 Å². The van der Waals surface area contributed by atoms with E-state index in [0.29, 0.717) is 5.82 Å². The van der Waals surface area contributed by atoms with E-state index in [1.807, 2.05) is 13.8 Å². The Labute approximate surface area is 105 Å². The fraction of sp³-hybridized carbons (Fsp3) is 0.600. The maximum absolute atomic E-state index is 12.0. The number of nitrogens with one attached hydrogen (secondary N) is 3. The zero-order valence-corrected chi connectivity index (χ0v) is 10.7. The summed E-state index contributed by atoms with van der Waals surface area (Å²) in [6.07, 6.45) is 0.728. The van der Waals surface area contributed by atoms with Gasteiger partial charge in [-0.05, 0) is 12.8 Å². The number of rotatable bonds is 5. The molecule has 0 aromatic carbocycles. The van der Waals surface area contributed by atoms with Crippen molar-refractivity contribution in [3.05, 3.63) is 5.82 Å². The minimum atomic E-state index is -0.735. The first-order valence-corrected chi connectivity index (χ1v) is 5.69. The Kier molecular flexibility index (Phi) is 4.64. The summed E-state index contributed by atoms with van der Waals surface area (Å²) in [7, 11) is 0. The van der Waals surface area contributed by atoms with E-state index in [1.54, 1.807) is 6.92 Å². The van der Waals surface area contributed by atoms with Gasteiger partial charge in [0.15, 0.2) is 0 Å². The van der Waals surface area contributed by atoms with E-state index in [9.17, 15) is 9.59 Å². The Morgan fingerprint density at radius 2 is 2.17 bits per heavy atom. The van der Waals surface area contributed by atoms with Crippen molar-refractivity contribution in [3.63, 3.8) is 0 Å². The molecule has 0 saturated carbocycles. The predicted octanol–water partition coefficient (Wildman–Crippen LogP) is 0.135. The van der Waals surface area contributed by atoms with Gasteiger partial charge in [-0.15, -0.1) is 5.10 Å². The molecule has 8 nitrogen and oxygen atoms in total. The summed E-state index contributed by atoms with van der Waals surface area (Å²) < 4.78 is 0. The first kappa shape index (κ1) is 13.9. The number of urea groups is 1. The summed E-state index contributed by atoms with van der Waals surface area (Å²) >= 11 is 0. The van der Waals surface area contributed by atoms with Crippen molar-refractivity contribution in [1.82, 2.24) is 20.5 Å². The number of H-pyrrole nitrogens is 1. The SMILES string of the molecule is CCC(C)C(NC(N)=O)C(=O)Nc1n[nH]c(C)n1. The molecular weight excluding hydrogens is 236 g/mol. The largest absolute Gasteiger partial charge is 0.352 e. The number of hydrogen-bond donors (Lipinski definition) is 4. The fourth-order valence-corrected chi connectivity index (χ4v) is 1.44. The summed E-state index contributed by atoms with van der Waals surface area (Å²) in [4.78, 5) is 26.8. The molecule has 18 heavy (non-hydrogen) atoms. The van der Waals surface area contributed by atoms with Crippen LogP contribution in [0.1, 0.15) is 26.1 Å². The summed E-state index contributed by atoms with van der Waals surface area (Å²) in [5.41, 5.74) is 5.05. The lowest BCUT2D eigenvalue weighted by Crippen LogP contribution is -2.49. The Bertz CT molecular complexity index is 430. The summed E-state index contributed by atoms with van der Waals surface area (Å²) in [5, 5.41) is 11.3. The molecule has 100 valence electrons. The number of nitrogens with two attached hydrogens (primary N) is 1. The maximum atomic E-state index is 12.0. The minimum absolute atomic E-state index is 0.0439. The minimum Gasteiger partial charge on any atom is -0.352 e. The predicted molar refractivity (Wildman–Crippen MR) is 65.7 cm³/mol. The maximum Gasteiger partial charge on any atom is 0.312 e. The van der Waals surface area contributed by atoms with Crippen molar-refractivity contribution in [2.24, 2.45) is 11.7 Å². The second-order valence-corrected chi connectivity index (χ2v) is 4.11. The third-order valence-electron chi connectivity index (χ3n) is 2.63. The number of primary amides is 1. The molecule has 5 N–H and O–H groups in total. The topological polar surface area (TPSA) is 126 Å². The number of aromatic amines is 1. The van der Waals surface area contributed by atoms with Gasteiger partial charge in [-0.3, -0.25) is 15.2 Å². The Hall–Kier alpha value is -2.12. The van der Waals surface area contributed by atoms with Crippen LogP contribution >= 0.6 is 0 Å². The van der Waals surface area contributed by atoms with E-state index < -0.39 is 12.1 Å². The van der Waals surface area contributed by atoms with Gasteiger partial charge in [-0.2, -0.15) is 4.98 Å². The molecule has 0 spiro atoms. The van der Waals surface area contributed by atoms with Crippen molar-refractivity contribution in [3.8, 4) is 0 Å². The van der Waals surface area contributed by atoms with Gasteiger partial charge in [0, 0.05) is 0 Å². The lowest BCUT2D eigenvalue weighted by Gasteiger charge is -2.21. The lowest BCUT2D eigenvalue weighted by atomic mass is 9.98. The normalized spacial score (nSPS) is 13.7. The summed E-state index contributed by atoms with van der Waals surface area (Å²) in [6.45, 7) is 5.49. The second-order valence-electron chi connectivity index (χ2n) is 4.11. The summed E-state index contributed by atoms with van der Waals surface area (Å²) in [6, 6.07) is -1.44. The smallest absolute Gasteiger partial charge is 0.312 e. The molecule has 2 unspecified atom stereocenters. The van der Waals surface area contributed by atoms with E-state index in [2.05, 4.69) is 25.8 Å². The Morgan fingerprint density at radius 1 is 1.50 bits per heavy atom. The molecule has 0 aliphatic rings. The molecule has 0 aliphatic carbocycles. The first-order chi connectivity index (χ1) is 8.43. The van der Waals surface area contributed by atoms with Gasteiger partial charge in [0.2, 0.25) is 11.9 Å². The molecule has 3 amide bonds. The highest BCUT2D eigenvalue weighted by Gasteiger charge is 2.25. The highest BCUT2D eigenvalue weighted by atomic mass is 16.2. The molecule has 0 bridgehead atoms. The third kappa shape index (κ3) is 3.72. The number of amides is 3. The first-order valence-electron chi connectivity index (χ1n) is 5.69. The van der Waals surface area contributed by atoms with Crippen LogP contribution in [0.5, 0.6) is 0 Å². The zero-order valence-electron chi connectivity index (χ0n) is 10.7. The van der Waals surface area contributed by atoms with Gasteiger partial charge >= 0.3 is 6.03 Å². The highest BCUT2D eigenvalue weighted by Crippen LogP contribution is 2.09. The van der Waals surface area contributed by atoms with Gasteiger partial charge in [0.1, 0.15) is 11.9 Å². The third-order valence-corrected chi connectivity index (χ3v) is 2.63. The van der Waals surface area contributed by atoms with Gasteiger partial charge in [0.25, 0.3) is 0 Å². The van der Waals surface area contributed by atoms with E-state index in [0.717, 1.165) is 6.42 Å². The number of aryl methyl sites for hydroxylation is 1. The number of nitrogens with zero attached hydrogens (tertiary/aromatic N) is 2. The van der Waals surface area contributed by atoms with E-state index in [4.69, 9.17) is 5.73 Å². The Balaban J connectivity index is 2.72. The van der Waals surface area contributed by atoms with Gasteiger partial charge in [-0.1, -0.05) is 20.3 Å². The van der Waals surface area contributed by atoms with Crippen LogP contribution in [0.3, 0.4) is 0 Å². The van der Waals surface area contributed by atoms with Crippen molar-refractivity contribution in [1.29, 1.82) is 0 Å². The van der Waals surface area contributed by atoms with Crippen LogP contribution in [0.4, 0.5) is 10.7 Å². The average Bonchev–Trinajstić information content (AvgIpc) is 2.70. The molecule has 1 rings (SSSR count). The number of carbonyl (C=O) groups is 2. The van der Waals surface area contributed by atoms with Crippen molar-refractivity contribution in [2.75, 3.05) is 5.32 Å². The molecule has 0 saturated heterocycles. The monoisotopic (exact) mass is 254 g/mol. The Morgan fingerprint density at radius 3 is 2.61 bits per heavy atom. The van der Waals surface area contributed by atoms with Crippen molar-refractivity contribution >= 4 is 17.9 Å². The fourth-order valence-electron chi connectivity index (χ4n) is 1.44. The van der Waals surface area contributed by atoms with E-state index in [1.165, 1.54) is 0 Å². The van der Waals surface area contributed by atoms with Crippen molar-refractivity contribution in [2.45, 2.75) is 33.2 Å². The molecular formula is C10H18N6O2. The van der Waals surface area contributed by atoms with Gasteiger partial charge in [0.05, 0.1) is 0 Å². The molecule has 0 radical (unpaired) electrons. The second kappa shape index (κ2) is 5.99. The number of carbonyl (C=O) groups excluding carboxylic acids is 2. The lowest BCUT2D eigenvalue weighted by molar-refractivity contribution is -0.119. The van der Waals surface area contributed by atoms with Crippen LogP contribution in [-0.2, 0) is 4.79 Å². The zero-order chi connectivity index (χ0) is 13.7. The summed E-state index contributed by atoms with van der Waals surface area (Å²) in [5.74, 6) is 0.338.